The van der Waals surface area contributed by atoms with E-state index < -0.39 is 17.9 Å². The Morgan fingerprint density at radius 3 is 2.70 bits per heavy atom. The van der Waals surface area contributed by atoms with E-state index in [0.29, 0.717) is 0 Å². The van der Waals surface area contributed by atoms with Gasteiger partial charge < -0.3 is 4.74 Å². The predicted octanol–water partition coefficient (Wildman–Crippen LogP) is 3.55. The summed E-state index contributed by atoms with van der Waals surface area (Å²) >= 11 is 0. The molecule has 27 heavy (non-hydrogen) atoms. The van der Waals surface area contributed by atoms with Crippen molar-refractivity contribution < 1.29 is 14.5 Å². The summed E-state index contributed by atoms with van der Waals surface area (Å²) in [5.41, 5.74) is 2.56. The van der Waals surface area contributed by atoms with E-state index >= 15 is 0 Å². The van der Waals surface area contributed by atoms with Gasteiger partial charge >= 0.3 is 5.97 Å². The summed E-state index contributed by atoms with van der Waals surface area (Å²) in [7, 11) is 0. The molecule has 1 aromatic carbocycles. The zero-order chi connectivity index (χ0) is 19.6. The largest absolute Gasteiger partial charge is 0.454 e. The maximum absolute atomic E-state index is 12.9. The van der Waals surface area contributed by atoms with Gasteiger partial charge in [0.05, 0.1) is 11.6 Å². The molecule has 0 N–H and O–H groups in total. The Labute approximate surface area is 159 Å². The molecule has 0 spiro atoms. The predicted molar refractivity (Wildman–Crippen MR) is 101 cm³/mol. The van der Waals surface area contributed by atoms with E-state index in [1.807, 2.05) is 31.2 Å². The van der Waals surface area contributed by atoms with Crippen molar-refractivity contribution >= 4 is 11.7 Å². The molecule has 5 atom stereocenters. The Hall–Kier alpha value is -2.24. The molecule has 2 aliphatic carbocycles. The van der Waals surface area contributed by atoms with Crippen LogP contribution in [0.2, 0.25) is 0 Å². The first-order valence-corrected chi connectivity index (χ1v) is 9.63. The first-order chi connectivity index (χ1) is 12.7. The van der Waals surface area contributed by atoms with Crippen LogP contribution in [0.1, 0.15) is 50.7 Å². The topological polar surface area (TPSA) is 81.8 Å². The van der Waals surface area contributed by atoms with Crippen LogP contribution in [0.15, 0.2) is 29.3 Å². The lowest BCUT2D eigenvalue weighted by molar-refractivity contribution is -0.483. The summed E-state index contributed by atoms with van der Waals surface area (Å²) in [6, 6.07) is 6.66. The van der Waals surface area contributed by atoms with E-state index in [4.69, 9.17) is 9.73 Å². The van der Waals surface area contributed by atoms with Crippen LogP contribution in [0.5, 0.6) is 0 Å². The van der Waals surface area contributed by atoms with Crippen molar-refractivity contribution in [2.45, 2.75) is 58.6 Å². The molecule has 0 amide bonds. The van der Waals surface area contributed by atoms with Crippen LogP contribution in [-0.2, 0) is 9.53 Å². The Morgan fingerprint density at radius 2 is 2.04 bits per heavy atom. The molecule has 6 nitrogen and oxygen atoms in total. The highest BCUT2D eigenvalue weighted by Gasteiger charge is 2.67. The number of rotatable bonds is 4. The number of nitrogens with zero attached hydrogens (tertiary/aromatic N) is 2. The average molecular weight is 370 g/mol. The summed E-state index contributed by atoms with van der Waals surface area (Å²) < 4.78 is 5.89. The van der Waals surface area contributed by atoms with E-state index in [1.54, 1.807) is 0 Å². The third-order valence-corrected chi connectivity index (χ3v) is 7.58. The van der Waals surface area contributed by atoms with Gasteiger partial charge in [-0.25, -0.2) is 4.79 Å². The molecule has 2 fully saturated rings. The highest BCUT2D eigenvalue weighted by molar-refractivity contribution is 6.03. The lowest BCUT2D eigenvalue weighted by Gasteiger charge is -2.37. The molecule has 144 valence electrons. The first kappa shape index (κ1) is 18.1. The van der Waals surface area contributed by atoms with Crippen LogP contribution in [-0.4, -0.2) is 35.3 Å². The van der Waals surface area contributed by atoms with Crippen LogP contribution in [0, 0.1) is 33.8 Å². The first-order valence-electron chi connectivity index (χ1n) is 9.63. The normalized spacial score (nSPS) is 34.6. The Morgan fingerprint density at radius 1 is 1.33 bits per heavy atom. The fraction of sp³-hybridized carbons (Fsp3) is 0.619. The van der Waals surface area contributed by atoms with Gasteiger partial charge in [-0.2, -0.15) is 0 Å². The number of aryl methyl sites for hydroxylation is 1. The van der Waals surface area contributed by atoms with Gasteiger partial charge in [-0.3, -0.25) is 15.1 Å². The summed E-state index contributed by atoms with van der Waals surface area (Å²) in [5.74, 6) is -0.766. The number of hydrogen-bond donors (Lipinski definition) is 0. The Balaban J connectivity index is 1.79. The summed E-state index contributed by atoms with van der Waals surface area (Å²) in [6.45, 7) is 8.23. The minimum atomic E-state index is -0.852. The summed E-state index contributed by atoms with van der Waals surface area (Å²) in [6.07, 6.45) is 1.78. The Bertz CT molecular complexity index is 846. The zero-order valence-corrected chi connectivity index (χ0v) is 16.3. The Kier molecular flexibility index (Phi) is 3.95. The van der Waals surface area contributed by atoms with E-state index in [1.165, 1.54) is 0 Å². The van der Waals surface area contributed by atoms with Gasteiger partial charge in [0.25, 0.3) is 0 Å². The second-order valence-corrected chi connectivity index (χ2v) is 8.99. The van der Waals surface area contributed by atoms with Crippen molar-refractivity contribution in [1.29, 1.82) is 0 Å². The number of ether oxygens (including phenoxy) is 1. The van der Waals surface area contributed by atoms with Gasteiger partial charge in [-0.1, -0.05) is 45.0 Å². The summed E-state index contributed by atoms with van der Waals surface area (Å²) in [4.78, 5) is 28.8. The molecular formula is C21H26N2O4. The number of aliphatic imine (C=N–C) groups is 1. The van der Waals surface area contributed by atoms with Gasteiger partial charge in [0.2, 0.25) is 6.54 Å². The SMILES string of the molecule is Cc1ccccc1[C@@H](C[N+](=O)[O-])[C@@H]1N=C2[C@H](OC1=O)[C@H]1CC[C@]2(C)C1(C)C. The molecule has 0 unspecified atom stereocenters. The molecule has 1 aliphatic heterocycles. The monoisotopic (exact) mass is 370 g/mol. The fourth-order valence-corrected chi connectivity index (χ4v) is 5.57. The fourth-order valence-electron chi connectivity index (χ4n) is 5.57. The maximum Gasteiger partial charge on any atom is 0.332 e. The van der Waals surface area contributed by atoms with Gasteiger partial charge in [0.15, 0.2) is 6.04 Å². The second-order valence-electron chi connectivity index (χ2n) is 8.99. The highest BCUT2D eigenvalue weighted by atomic mass is 16.6. The van der Waals surface area contributed by atoms with E-state index in [0.717, 1.165) is 29.7 Å². The minimum absolute atomic E-state index is 0.00688. The lowest BCUT2D eigenvalue weighted by atomic mass is 9.70. The van der Waals surface area contributed by atoms with Gasteiger partial charge in [-0.15, -0.1) is 0 Å². The van der Waals surface area contributed by atoms with Crippen LogP contribution < -0.4 is 0 Å². The van der Waals surface area contributed by atoms with Crippen LogP contribution in [0.3, 0.4) is 0 Å². The molecule has 2 saturated carbocycles. The molecule has 4 rings (SSSR count). The minimum Gasteiger partial charge on any atom is -0.454 e. The molecule has 0 aromatic heterocycles. The molecular weight excluding hydrogens is 344 g/mol. The number of benzene rings is 1. The average Bonchev–Trinajstić information content (AvgIpc) is 2.91. The van der Waals surface area contributed by atoms with Crippen LogP contribution in [0.4, 0.5) is 0 Å². The number of carbonyl (C=O) groups excluding carboxylic acids is 1. The quantitative estimate of drug-likeness (QED) is 0.461. The van der Waals surface area contributed by atoms with Crippen molar-refractivity contribution in [2.24, 2.45) is 21.7 Å². The molecule has 1 heterocycles. The molecule has 0 radical (unpaired) electrons. The molecule has 6 heteroatoms. The van der Waals surface area contributed by atoms with Gasteiger partial charge in [-0.05, 0) is 36.3 Å². The molecule has 2 bridgehead atoms. The van der Waals surface area contributed by atoms with E-state index in [2.05, 4.69) is 20.8 Å². The third kappa shape index (κ3) is 2.45. The van der Waals surface area contributed by atoms with E-state index in [9.17, 15) is 14.9 Å². The number of carbonyl (C=O) groups is 1. The standard InChI is InChI=1S/C21H26N2O4/c1-12-7-5-6-8-13(12)14(11-23(25)26)16-19(24)27-17-15-9-10-21(4,18(17)22-16)20(15,2)3/h5-8,14-17H,9-11H2,1-4H3/t14-,15-,16+,17-,21+/m1/s1. The molecule has 3 aliphatic rings. The van der Waals surface area contributed by atoms with Crippen molar-refractivity contribution in [3.05, 3.63) is 45.5 Å². The van der Waals surface area contributed by atoms with E-state index in [-0.39, 0.29) is 34.3 Å². The number of hydrogen-bond acceptors (Lipinski definition) is 5. The molecule has 1 aromatic rings. The highest BCUT2D eigenvalue weighted by Crippen LogP contribution is 2.65. The zero-order valence-electron chi connectivity index (χ0n) is 16.3. The van der Waals surface area contributed by atoms with Crippen molar-refractivity contribution in [2.75, 3.05) is 6.54 Å². The van der Waals surface area contributed by atoms with Crippen molar-refractivity contribution in [3.63, 3.8) is 0 Å². The summed E-state index contributed by atoms with van der Waals surface area (Å²) in [5, 5.41) is 11.4. The number of fused-ring (bicyclic) bond motifs is 5. The van der Waals surface area contributed by atoms with Crippen molar-refractivity contribution in [3.8, 4) is 0 Å². The lowest BCUT2D eigenvalue weighted by Crippen LogP contribution is -2.47. The third-order valence-electron chi connectivity index (χ3n) is 7.58. The van der Waals surface area contributed by atoms with Crippen LogP contribution >= 0.6 is 0 Å². The van der Waals surface area contributed by atoms with Gasteiger partial charge in [0, 0.05) is 16.3 Å². The van der Waals surface area contributed by atoms with Gasteiger partial charge in [0.1, 0.15) is 6.10 Å². The number of nitro groups is 1. The maximum atomic E-state index is 12.9. The second kappa shape index (κ2) is 5.88. The number of esters is 1. The van der Waals surface area contributed by atoms with Crippen molar-refractivity contribution in [1.82, 2.24) is 0 Å². The molecule has 0 saturated heterocycles. The smallest absolute Gasteiger partial charge is 0.332 e. The van der Waals surface area contributed by atoms with Crippen LogP contribution in [0.25, 0.3) is 0 Å².